The molecule has 1 atom stereocenters. The summed E-state index contributed by atoms with van der Waals surface area (Å²) < 4.78 is 7.48. The quantitative estimate of drug-likeness (QED) is 0.727. The van der Waals surface area contributed by atoms with Crippen LogP contribution >= 0.6 is 0 Å². The second-order valence-electron chi connectivity index (χ2n) is 9.07. The van der Waals surface area contributed by atoms with Gasteiger partial charge in [-0.05, 0) is 61.8 Å². The molecular weight excluding hydrogens is 408 g/mol. The third kappa shape index (κ3) is 3.95. The van der Waals surface area contributed by atoms with E-state index >= 15 is 0 Å². The number of methoxy groups -OCH3 is 1. The van der Waals surface area contributed by atoms with Crippen molar-refractivity contribution in [3.63, 3.8) is 0 Å². The van der Waals surface area contributed by atoms with Crippen molar-refractivity contribution in [1.82, 2.24) is 20.0 Å². The smallest absolute Gasteiger partial charge is 0.255 e. The van der Waals surface area contributed by atoms with Gasteiger partial charge in [0.2, 0.25) is 11.8 Å². The number of piperidine rings is 1. The number of ether oxygens (including phenoxy) is 1. The number of carbonyl (C=O) groups is 3. The summed E-state index contributed by atoms with van der Waals surface area (Å²) in [5, 5.41) is 7.11. The fourth-order valence-electron chi connectivity index (χ4n) is 5.17. The number of aromatic nitrogens is 2. The minimum Gasteiger partial charge on any atom is -0.381 e. The van der Waals surface area contributed by atoms with Crippen LogP contribution in [0.15, 0.2) is 30.5 Å². The normalized spacial score (nSPS) is 25.7. The summed E-state index contributed by atoms with van der Waals surface area (Å²) in [4.78, 5) is 38.1. The van der Waals surface area contributed by atoms with Gasteiger partial charge in [-0.25, -0.2) is 0 Å². The van der Waals surface area contributed by atoms with Gasteiger partial charge in [0.15, 0.2) is 0 Å². The van der Waals surface area contributed by atoms with E-state index in [4.69, 9.17) is 9.84 Å². The van der Waals surface area contributed by atoms with E-state index in [9.17, 15) is 14.4 Å². The minimum atomic E-state index is -0.594. The van der Waals surface area contributed by atoms with Crippen molar-refractivity contribution >= 4 is 17.7 Å². The van der Waals surface area contributed by atoms with Gasteiger partial charge in [0.25, 0.3) is 5.91 Å². The van der Waals surface area contributed by atoms with Crippen LogP contribution in [0.2, 0.25) is 0 Å². The van der Waals surface area contributed by atoms with E-state index in [0.717, 1.165) is 49.0 Å². The SMILES string of the molecule is CO[C@H]1CC[C@@H](Cn2ccc(-c3ccc4c(c3)CN(C3CCC(=O)NC3=O)C4=O)n2)CC1. The van der Waals surface area contributed by atoms with Crippen LogP contribution in [0, 0.1) is 5.92 Å². The highest BCUT2D eigenvalue weighted by atomic mass is 16.5. The molecule has 3 aliphatic rings. The van der Waals surface area contributed by atoms with Gasteiger partial charge >= 0.3 is 0 Å². The van der Waals surface area contributed by atoms with E-state index in [1.54, 1.807) is 12.0 Å². The highest BCUT2D eigenvalue weighted by Gasteiger charge is 2.39. The van der Waals surface area contributed by atoms with E-state index in [2.05, 4.69) is 5.32 Å². The van der Waals surface area contributed by atoms with Gasteiger partial charge in [-0.3, -0.25) is 24.4 Å². The predicted molar refractivity (Wildman–Crippen MR) is 116 cm³/mol. The zero-order chi connectivity index (χ0) is 22.2. The van der Waals surface area contributed by atoms with Crippen molar-refractivity contribution in [2.45, 2.75) is 63.8 Å². The third-order valence-electron chi connectivity index (χ3n) is 7.03. The Morgan fingerprint density at radius 2 is 1.91 bits per heavy atom. The van der Waals surface area contributed by atoms with Crippen LogP contribution in [0.1, 0.15) is 54.4 Å². The Bertz CT molecular complexity index is 1050. The largest absolute Gasteiger partial charge is 0.381 e. The Morgan fingerprint density at radius 1 is 1.09 bits per heavy atom. The summed E-state index contributed by atoms with van der Waals surface area (Å²) in [5.74, 6) is -0.201. The molecule has 0 radical (unpaired) electrons. The summed E-state index contributed by atoms with van der Waals surface area (Å²) in [7, 11) is 1.79. The molecule has 2 aliphatic heterocycles. The summed E-state index contributed by atoms with van der Waals surface area (Å²) in [6.07, 6.45) is 7.57. The van der Waals surface area contributed by atoms with Crippen LogP contribution in [-0.2, 0) is 27.4 Å². The maximum absolute atomic E-state index is 12.9. The standard InChI is InChI=1S/C24H28N4O4/c1-32-18-5-2-15(3-6-18)13-27-11-10-20(26-27)16-4-7-19-17(12-16)14-28(24(19)31)21-8-9-22(29)25-23(21)30/h4,7,10-12,15,18,21H,2-3,5-6,8-9,13-14H2,1H3,(H,25,29,30)/t15-,18+,21?. The molecule has 1 N–H and O–H groups in total. The number of rotatable bonds is 5. The number of hydrogen-bond acceptors (Lipinski definition) is 5. The Labute approximate surface area is 186 Å². The van der Waals surface area contributed by atoms with Crippen LogP contribution in [-0.4, -0.2) is 51.7 Å². The first kappa shape index (κ1) is 20.9. The number of benzene rings is 1. The Morgan fingerprint density at radius 3 is 2.66 bits per heavy atom. The number of carbonyl (C=O) groups excluding carboxylic acids is 3. The second-order valence-corrected chi connectivity index (χ2v) is 9.07. The molecule has 8 heteroatoms. The van der Waals surface area contributed by atoms with Gasteiger partial charge in [-0.15, -0.1) is 0 Å². The highest BCUT2D eigenvalue weighted by molar-refractivity contribution is 6.05. The molecule has 0 spiro atoms. The predicted octanol–water partition coefficient (Wildman–Crippen LogP) is 2.52. The van der Waals surface area contributed by atoms with Gasteiger partial charge < -0.3 is 9.64 Å². The van der Waals surface area contributed by atoms with E-state index < -0.39 is 6.04 Å². The lowest BCUT2D eigenvalue weighted by Crippen LogP contribution is -2.52. The molecule has 3 amide bonds. The number of nitrogens with one attached hydrogen (secondary N) is 1. The van der Waals surface area contributed by atoms with Crippen molar-refractivity contribution in [1.29, 1.82) is 0 Å². The maximum atomic E-state index is 12.9. The highest BCUT2D eigenvalue weighted by Crippen LogP contribution is 2.31. The maximum Gasteiger partial charge on any atom is 0.255 e. The van der Waals surface area contributed by atoms with E-state index in [0.29, 0.717) is 30.6 Å². The Hall–Kier alpha value is -3.00. The van der Waals surface area contributed by atoms with Crippen molar-refractivity contribution in [3.8, 4) is 11.3 Å². The van der Waals surface area contributed by atoms with Crippen LogP contribution in [0.25, 0.3) is 11.3 Å². The van der Waals surface area contributed by atoms with E-state index in [-0.39, 0.29) is 24.1 Å². The molecular formula is C24H28N4O4. The average molecular weight is 437 g/mol. The molecule has 1 saturated carbocycles. The first-order valence-corrected chi connectivity index (χ1v) is 11.4. The Balaban J connectivity index is 1.27. The molecule has 1 saturated heterocycles. The Kier molecular flexibility index (Phi) is 5.55. The first-order valence-electron chi connectivity index (χ1n) is 11.4. The minimum absolute atomic E-state index is 0.154. The molecule has 5 rings (SSSR count). The summed E-state index contributed by atoms with van der Waals surface area (Å²) in [6, 6.07) is 7.15. The van der Waals surface area contributed by atoms with E-state index in [1.807, 2.05) is 35.1 Å². The topological polar surface area (TPSA) is 93.5 Å². The van der Waals surface area contributed by atoms with Crippen molar-refractivity contribution < 1.29 is 19.1 Å². The number of amides is 3. The van der Waals surface area contributed by atoms with Crippen LogP contribution < -0.4 is 5.32 Å². The van der Waals surface area contributed by atoms with Crippen LogP contribution in [0.5, 0.6) is 0 Å². The molecule has 1 aliphatic carbocycles. The molecule has 1 unspecified atom stereocenters. The number of hydrogen-bond donors (Lipinski definition) is 1. The zero-order valence-electron chi connectivity index (χ0n) is 18.3. The molecule has 2 aromatic rings. The lowest BCUT2D eigenvalue weighted by Gasteiger charge is -2.29. The molecule has 0 bridgehead atoms. The van der Waals surface area contributed by atoms with Crippen molar-refractivity contribution in [2.24, 2.45) is 5.92 Å². The molecule has 168 valence electrons. The van der Waals surface area contributed by atoms with Gasteiger partial charge in [-0.1, -0.05) is 6.07 Å². The monoisotopic (exact) mass is 436 g/mol. The van der Waals surface area contributed by atoms with Crippen LogP contribution in [0.3, 0.4) is 0 Å². The number of nitrogens with zero attached hydrogens (tertiary/aromatic N) is 3. The molecule has 2 fully saturated rings. The first-order chi connectivity index (χ1) is 15.5. The van der Waals surface area contributed by atoms with Crippen molar-refractivity contribution in [3.05, 3.63) is 41.6 Å². The molecule has 32 heavy (non-hydrogen) atoms. The molecule has 3 heterocycles. The second kappa shape index (κ2) is 8.50. The number of fused-ring (bicyclic) bond motifs is 1. The summed E-state index contributed by atoms with van der Waals surface area (Å²) in [6.45, 7) is 1.28. The molecule has 1 aromatic heterocycles. The van der Waals surface area contributed by atoms with Crippen molar-refractivity contribution in [2.75, 3.05) is 7.11 Å². The van der Waals surface area contributed by atoms with Gasteiger partial charge in [-0.2, -0.15) is 5.10 Å². The fraction of sp³-hybridized carbons (Fsp3) is 0.500. The lowest BCUT2D eigenvalue weighted by molar-refractivity contribution is -0.136. The van der Waals surface area contributed by atoms with Gasteiger partial charge in [0.1, 0.15) is 6.04 Å². The lowest BCUT2D eigenvalue weighted by atomic mass is 9.87. The summed E-state index contributed by atoms with van der Waals surface area (Å²) in [5.41, 5.74) is 3.35. The molecule has 1 aromatic carbocycles. The van der Waals surface area contributed by atoms with Gasteiger partial charge in [0, 0.05) is 43.9 Å². The van der Waals surface area contributed by atoms with Crippen LogP contribution in [0.4, 0.5) is 0 Å². The van der Waals surface area contributed by atoms with E-state index in [1.165, 1.54) is 0 Å². The fourth-order valence-corrected chi connectivity index (χ4v) is 5.17. The summed E-state index contributed by atoms with van der Waals surface area (Å²) >= 11 is 0. The van der Waals surface area contributed by atoms with Gasteiger partial charge in [0.05, 0.1) is 11.8 Å². The number of imide groups is 1. The average Bonchev–Trinajstić information content (AvgIpc) is 3.39. The third-order valence-corrected chi connectivity index (χ3v) is 7.03. The molecule has 8 nitrogen and oxygen atoms in total. The zero-order valence-corrected chi connectivity index (χ0v) is 18.3.